The highest BCUT2D eigenvalue weighted by atomic mass is 16.2. The summed E-state index contributed by atoms with van der Waals surface area (Å²) in [4.78, 5) is 21.9. The summed E-state index contributed by atoms with van der Waals surface area (Å²) in [6.07, 6.45) is 9.42. The fraction of sp³-hybridized carbons (Fsp3) is 0.500. The molecule has 5 rings (SSSR count). The average molecular weight is 391 g/mol. The fourth-order valence-corrected chi connectivity index (χ4v) is 5.53. The predicted octanol–water partition coefficient (Wildman–Crippen LogP) is 3.42. The topological polar surface area (TPSA) is 48.5 Å². The molecule has 1 aromatic carbocycles. The molecule has 0 saturated carbocycles. The third-order valence-corrected chi connectivity index (χ3v) is 7.40. The molecule has 5 nitrogen and oxygen atoms in total. The Kier molecular flexibility index (Phi) is 4.78. The van der Waals surface area contributed by atoms with Crippen molar-refractivity contribution in [3.05, 3.63) is 59.4 Å². The molecule has 2 aliphatic heterocycles. The number of hydrogen-bond acceptors (Lipinski definition) is 4. The third kappa shape index (κ3) is 3.42. The molecule has 2 saturated heterocycles. The van der Waals surface area contributed by atoms with Crippen LogP contribution in [0.25, 0.3) is 0 Å². The van der Waals surface area contributed by atoms with Gasteiger partial charge in [0.05, 0.1) is 0 Å². The molecule has 2 aromatic rings. The van der Waals surface area contributed by atoms with E-state index in [0.29, 0.717) is 11.5 Å². The van der Waals surface area contributed by atoms with Crippen molar-refractivity contribution in [2.75, 3.05) is 38.1 Å². The second-order valence-electron chi connectivity index (χ2n) is 8.96. The highest BCUT2D eigenvalue weighted by molar-refractivity contribution is 5.94. The Hall–Kier alpha value is -2.40. The Bertz CT molecular complexity index is 889. The van der Waals surface area contributed by atoms with Crippen LogP contribution in [0, 0.1) is 5.41 Å². The van der Waals surface area contributed by atoms with Crippen molar-refractivity contribution < 1.29 is 4.79 Å². The van der Waals surface area contributed by atoms with Crippen molar-refractivity contribution in [3.63, 3.8) is 0 Å². The van der Waals surface area contributed by atoms with Crippen LogP contribution in [0.15, 0.2) is 42.7 Å². The SMILES string of the molecule is CNC1CCc2ccc(C(=O)N3CCC4(CCN(c5ccncc5)CC4)C3)cc21. The minimum atomic E-state index is 0.211. The van der Waals surface area contributed by atoms with Crippen molar-refractivity contribution in [3.8, 4) is 0 Å². The summed E-state index contributed by atoms with van der Waals surface area (Å²) in [7, 11) is 2.01. The van der Waals surface area contributed by atoms with Gasteiger partial charge in [-0.05, 0) is 80.0 Å². The molecule has 0 bridgehead atoms. The molecule has 2 fully saturated rings. The number of anilines is 1. The first-order valence-electron chi connectivity index (χ1n) is 10.9. The Labute approximate surface area is 173 Å². The summed E-state index contributed by atoms with van der Waals surface area (Å²) in [6.45, 7) is 3.92. The molecule has 0 radical (unpaired) electrons. The van der Waals surface area contributed by atoms with Crippen molar-refractivity contribution >= 4 is 11.6 Å². The van der Waals surface area contributed by atoms with Crippen LogP contribution in [0.4, 0.5) is 5.69 Å². The number of carbonyl (C=O) groups excluding carboxylic acids is 1. The molecule has 1 aliphatic carbocycles. The number of aromatic nitrogens is 1. The lowest BCUT2D eigenvalue weighted by Crippen LogP contribution is -2.42. The first kappa shape index (κ1) is 18.6. The lowest BCUT2D eigenvalue weighted by atomic mass is 9.77. The normalized spacial score (nSPS) is 22.9. The molecule has 1 atom stereocenters. The van der Waals surface area contributed by atoms with E-state index in [1.165, 1.54) is 16.8 Å². The molecular weight excluding hydrogens is 360 g/mol. The molecule has 1 amide bonds. The van der Waals surface area contributed by atoms with Gasteiger partial charge in [0.25, 0.3) is 5.91 Å². The van der Waals surface area contributed by atoms with E-state index in [1.807, 2.05) is 25.5 Å². The van der Waals surface area contributed by atoms with E-state index in [-0.39, 0.29) is 5.91 Å². The number of likely N-dealkylation sites (tertiary alicyclic amines) is 1. The Morgan fingerprint density at radius 1 is 1.10 bits per heavy atom. The molecule has 3 heterocycles. The van der Waals surface area contributed by atoms with E-state index in [0.717, 1.165) is 63.8 Å². The average Bonchev–Trinajstić information content (AvgIpc) is 3.38. The Morgan fingerprint density at radius 2 is 1.86 bits per heavy atom. The zero-order valence-corrected chi connectivity index (χ0v) is 17.2. The number of fused-ring (bicyclic) bond motifs is 1. The number of aryl methyl sites for hydroxylation is 1. The van der Waals surface area contributed by atoms with E-state index in [4.69, 9.17) is 0 Å². The maximum Gasteiger partial charge on any atom is 0.253 e. The maximum atomic E-state index is 13.2. The van der Waals surface area contributed by atoms with Gasteiger partial charge < -0.3 is 15.1 Å². The van der Waals surface area contributed by atoms with Crippen LogP contribution in [0.3, 0.4) is 0 Å². The van der Waals surface area contributed by atoms with Crippen LogP contribution >= 0.6 is 0 Å². The number of piperidine rings is 1. The number of carbonyl (C=O) groups is 1. The van der Waals surface area contributed by atoms with Gasteiger partial charge in [-0.3, -0.25) is 9.78 Å². The van der Waals surface area contributed by atoms with Gasteiger partial charge in [0, 0.05) is 55.9 Å². The molecular formula is C24H30N4O. The number of pyridine rings is 1. The zero-order valence-electron chi connectivity index (χ0n) is 17.2. The fourth-order valence-electron chi connectivity index (χ4n) is 5.53. The summed E-state index contributed by atoms with van der Waals surface area (Å²) >= 11 is 0. The molecule has 1 aromatic heterocycles. The monoisotopic (exact) mass is 390 g/mol. The van der Waals surface area contributed by atoms with Gasteiger partial charge in [-0.1, -0.05) is 6.07 Å². The van der Waals surface area contributed by atoms with Gasteiger partial charge in [0.1, 0.15) is 0 Å². The number of amides is 1. The summed E-state index contributed by atoms with van der Waals surface area (Å²) in [5, 5.41) is 3.39. The smallest absolute Gasteiger partial charge is 0.253 e. The van der Waals surface area contributed by atoms with Crippen LogP contribution in [0.2, 0.25) is 0 Å². The number of benzene rings is 1. The van der Waals surface area contributed by atoms with Crippen LogP contribution < -0.4 is 10.2 Å². The van der Waals surface area contributed by atoms with Crippen molar-refractivity contribution in [1.29, 1.82) is 0 Å². The molecule has 1 unspecified atom stereocenters. The molecule has 29 heavy (non-hydrogen) atoms. The van der Waals surface area contributed by atoms with Gasteiger partial charge >= 0.3 is 0 Å². The second-order valence-corrected chi connectivity index (χ2v) is 8.96. The molecule has 5 heteroatoms. The van der Waals surface area contributed by atoms with Crippen molar-refractivity contribution in [2.24, 2.45) is 5.41 Å². The van der Waals surface area contributed by atoms with Gasteiger partial charge in [0.15, 0.2) is 0 Å². The molecule has 1 N–H and O–H groups in total. The second kappa shape index (κ2) is 7.45. The largest absolute Gasteiger partial charge is 0.371 e. The quantitative estimate of drug-likeness (QED) is 0.872. The number of hydrogen-bond donors (Lipinski definition) is 1. The third-order valence-electron chi connectivity index (χ3n) is 7.40. The summed E-state index contributed by atoms with van der Waals surface area (Å²) < 4.78 is 0. The van der Waals surface area contributed by atoms with E-state index < -0.39 is 0 Å². The lowest BCUT2D eigenvalue weighted by Gasteiger charge is -2.40. The Balaban J connectivity index is 1.25. The van der Waals surface area contributed by atoms with Crippen LogP contribution in [0.1, 0.15) is 53.2 Å². The first-order chi connectivity index (χ1) is 14.2. The van der Waals surface area contributed by atoms with Gasteiger partial charge in [0.2, 0.25) is 0 Å². The zero-order chi connectivity index (χ0) is 19.8. The van der Waals surface area contributed by atoms with E-state index in [9.17, 15) is 4.79 Å². The summed E-state index contributed by atoms with van der Waals surface area (Å²) in [6, 6.07) is 10.9. The van der Waals surface area contributed by atoms with Crippen LogP contribution in [0.5, 0.6) is 0 Å². The van der Waals surface area contributed by atoms with E-state index >= 15 is 0 Å². The highest BCUT2D eigenvalue weighted by Crippen LogP contribution is 2.42. The number of nitrogens with zero attached hydrogens (tertiary/aromatic N) is 3. The Morgan fingerprint density at radius 3 is 2.62 bits per heavy atom. The molecule has 1 spiro atoms. The number of rotatable bonds is 3. The highest BCUT2D eigenvalue weighted by Gasteiger charge is 2.42. The van der Waals surface area contributed by atoms with Crippen molar-refractivity contribution in [1.82, 2.24) is 15.2 Å². The first-order valence-corrected chi connectivity index (χ1v) is 10.9. The standard InChI is InChI=1S/C24H30N4O/c1-25-22-5-4-18-2-3-19(16-21(18)22)23(29)28-15-10-24(17-28)8-13-27(14-9-24)20-6-11-26-12-7-20/h2-3,6-7,11-12,16,22,25H,4-5,8-10,13-15,17H2,1H3. The molecule has 3 aliphatic rings. The maximum absolute atomic E-state index is 13.2. The van der Waals surface area contributed by atoms with Crippen LogP contribution in [-0.2, 0) is 6.42 Å². The minimum Gasteiger partial charge on any atom is -0.371 e. The summed E-state index contributed by atoms with van der Waals surface area (Å²) in [5.74, 6) is 0.211. The van der Waals surface area contributed by atoms with Crippen LogP contribution in [-0.4, -0.2) is 49.0 Å². The van der Waals surface area contributed by atoms with Gasteiger partial charge in [-0.15, -0.1) is 0 Å². The minimum absolute atomic E-state index is 0.211. The van der Waals surface area contributed by atoms with Crippen molar-refractivity contribution in [2.45, 2.75) is 38.1 Å². The van der Waals surface area contributed by atoms with Gasteiger partial charge in [-0.2, -0.15) is 0 Å². The molecule has 152 valence electrons. The van der Waals surface area contributed by atoms with E-state index in [1.54, 1.807) is 0 Å². The lowest BCUT2D eigenvalue weighted by molar-refractivity contribution is 0.0764. The number of nitrogens with one attached hydrogen (secondary N) is 1. The predicted molar refractivity (Wildman–Crippen MR) is 115 cm³/mol. The summed E-state index contributed by atoms with van der Waals surface area (Å²) in [5.41, 5.74) is 5.12. The van der Waals surface area contributed by atoms with E-state index in [2.05, 4.69) is 44.4 Å². The van der Waals surface area contributed by atoms with Gasteiger partial charge in [-0.25, -0.2) is 0 Å².